The lowest BCUT2D eigenvalue weighted by Crippen LogP contribution is -2.37. The Morgan fingerprint density at radius 1 is 1.21 bits per heavy atom. The SMILES string of the molecule is c1ccc2c(c1)CC1=C2N2CC3CCCC3N=C2S1. The molecule has 1 fully saturated rings. The fraction of sp³-hybridized carbons (Fsp3) is 0.438. The number of rotatable bonds is 0. The molecule has 1 saturated carbocycles. The predicted molar refractivity (Wildman–Crippen MR) is 79.9 cm³/mol. The minimum Gasteiger partial charge on any atom is -0.319 e. The molecule has 2 unspecified atom stereocenters. The standard InChI is InChI=1S/C16H16N2S/c1-2-6-12-10(4-1)8-14-15(12)18-9-11-5-3-7-13(11)17-16(18)19-14/h1-2,4,6,11,13H,3,5,7-9H2. The Balaban J connectivity index is 1.59. The van der Waals surface area contributed by atoms with Gasteiger partial charge in [-0.15, -0.1) is 0 Å². The van der Waals surface area contributed by atoms with Gasteiger partial charge in [0, 0.05) is 23.4 Å². The first kappa shape index (κ1) is 10.6. The second-order valence-corrected chi connectivity index (χ2v) is 7.05. The van der Waals surface area contributed by atoms with E-state index in [4.69, 9.17) is 4.99 Å². The van der Waals surface area contributed by atoms with Gasteiger partial charge in [-0.1, -0.05) is 42.4 Å². The van der Waals surface area contributed by atoms with Crippen LogP contribution in [0.4, 0.5) is 0 Å². The summed E-state index contributed by atoms with van der Waals surface area (Å²) < 4.78 is 0. The van der Waals surface area contributed by atoms with Gasteiger partial charge in [0.15, 0.2) is 5.17 Å². The zero-order valence-electron chi connectivity index (χ0n) is 10.8. The molecule has 3 heteroatoms. The highest BCUT2D eigenvalue weighted by molar-refractivity contribution is 8.17. The van der Waals surface area contributed by atoms with E-state index in [1.165, 1.54) is 52.7 Å². The lowest BCUT2D eigenvalue weighted by atomic mass is 10.0. The molecule has 2 aliphatic heterocycles. The molecule has 2 nitrogen and oxygen atoms in total. The molecule has 19 heavy (non-hydrogen) atoms. The van der Waals surface area contributed by atoms with E-state index in [0.717, 1.165) is 12.3 Å². The van der Waals surface area contributed by atoms with Gasteiger partial charge < -0.3 is 4.90 Å². The molecule has 2 heterocycles. The largest absolute Gasteiger partial charge is 0.319 e. The Hall–Kier alpha value is -1.22. The number of amidine groups is 1. The van der Waals surface area contributed by atoms with Crippen LogP contribution in [0.2, 0.25) is 0 Å². The van der Waals surface area contributed by atoms with Crippen LogP contribution in [0.25, 0.3) is 5.70 Å². The quantitative estimate of drug-likeness (QED) is 0.715. The maximum Gasteiger partial charge on any atom is 0.168 e. The van der Waals surface area contributed by atoms with Gasteiger partial charge >= 0.3 is 0 Å². The summed E-state index contributed by atoms with van der Waals surface area (Å²) in [6, 6.07) is 9.49. The zero-order valence-corrected chi connectivity index (χ0v) is 11.6. The highest BCUT2D eigenvalue weighted by atomic mass is 32.2. The molecule has 5 rings (SSSR count). The first-order valence-electron chi connectivity index (χ1n) is 7.25. The van der Waals surface area contributed by atoms with E-state index >= 15 is 0 Å². The van der Waals surface area contributed by atoms with Gasteiger partial charge in [0.25, 0.3) is 0 Å². The van der Waals surface area contributed by atoms with Crippen LogP contribution in [-0.2, 0) is 6.42 Å². The summed E-state index contributed by atoms with van der Waals surface area (Å²) in [5.74, 6) is 0.795. The summed E-state index contributed by atoms with van der Waals surface area (Å²) in [5, 5.41) is 1.28. The highest BCUT2D eigenvalue weighted by Crippen LogP contribution is 2.50. The van der Waals surface area contributed by atoms with Crippen LogP contribution < -0.4 is 0 Å². The maximum atomic E-state index is 5.03. The second-order valence-electron chi connectivity index (χ2n) is 5.99. The van der Waals surface area contributed by atoms with Gasteiger partial charge in [0.1, 0.15) is 0 Å². The monoisotopic (exact) mass is 268 g/mol. The molecular formula is C16H16N2S. The van der Waals surface area contributed by atoms with E-state index < -0.39 is 0 Å². The Morgan fingerprint density at radius 3 is 3.16 bits per heavy atom. The number of benzene rings is 1. The van der Waals surface area contributed by atoms with E-state index in [1.54, 1.807) is 0 Å². The van der Waals surface area contributed by atoms with Crippen LogP contribution in [0, 0.1) is 5.92 Å². The summed E-state index contributed by atoms with van der Waals surface area (Å²) in [4.78, 5) is 9.07. The first-order chi connectivity index (χ1) is 9.40. The number of allylic oxidation sites excluding steroid dienone is 1. The molecule has 2 atom stereocenters. The molecule has 4 aliphatic rings. The van der Waals surface area contributed by atoms with Crippen LogP contribution in [-0.4, -0.2) is 22.7 Å². The molecule has 0 bridgehead atoms. The maximum absolute atomic E-state index is 5.03. The van der Waals surface area contributed by atoms with Crippen molar-refractivity contribution in [1.82, 2.24) is 4.90 Å². The van der Waals surface area contributed by atoms with Crippen molar-refractivity contribution in [2.75, 3.05) is 6.54 Å². The molecule has 0 N–H and O–H groups in total. The van der Waals surface area contributed by atoms with Crippen molar-refractivity contribution < 1.29 is 0 Å². The average Bonchev–Trinajstić information content (AvgIpc) is 3.07. The fourth-order valence-electron chi connectivity index (χ4n) is 4.00. The molecule has 96 valence electrons. The number of thioether (sulfide) groups is 1. The number of fused-ring (bicyclic) bond motifs is 5. The van der Waals surface area contributed by atoms with Gasteiger partial charge in [-0.3, -0.25) is 4.99 Å². The number of aliphatic imine (C=N–C) groups is 1. The Morgan fingerprint density at radius 2 is 2.16 bits per heavy atom. The summed E-state index contributed by atoms with van der Waals surface area (Å²) in [7, 11) is 0. The number of hydrogen-bond acceptors (Lipinski definition) is 3. The van der Waals surface area contributed by atoms with E-state index in [-0.39, 0.29) is 0 Å². The molecular weight excluding hydrogens is 252 g/mol. The van der Waals surface area contributed by atoms with Gasteiger partial charge in [-0.25, -0.2) is 0 Å². The van der Waals surface area contributed by atoms with E-state index in [2.05, 4.69) is 29.2 Å². The highest BCUT2D eigenvalue weighted by Gasteiger charge is 2.42. The van der Waals surface area contributed by atoms with Crippen molar-refractivity contribution in [1.29, 1.82) is 0 Å². The van der Waals surface area contributed by atoms with E-state index in [1.807, 2.05) is 11.8 Å². The van der Waals surface area contributed by atoms with Crippen molar-refractivity contribution in [3.63, 3.8) is 0 Å². The molecule has 0 radical (unpaired) electrons. The van der Waals surface area contributed by atoms with E-state index in [0.29, 0.717) is 6.04 Å². The van der Waals surface area contributed by atoms with Crippen molar-refractivity contribution >= 4 is 22.6 Å². The fourth-order valence-corrected chi connectivity index (χ4v) is 5.22. The third kappa shape index (κ3) is 1.37. The molecule has 0 saturated heterocycles. The third-order valence-electron chi connectivity index (χ3n) is 4.92. The normalized spacial score (nSPS) is 30.9. The van der Waals surface area contributed by atoms with E-state index in [9.17, 15) is 0 Å². The van der Waals surface area contributed by atoms with Gasteiger partial charge in [-0.2, -0.15) is 0 Å². The number of nitrogens with zero attached hydrogens (tertiary/aromatic N) is 2. The smallest absolute Gasteiger partial charge is 0.168 e. The molecule has 2 aliphatic carbocycles. The Kier molecular flexibility index (Phi) is 2.03. The number of hydrogen-bond donors (Lipinski definition) is 0. The van der Waals surface area contributed by atoms with Crippen molar-refractivity contribution in [2.24, 2.45) is 10.9 Å². The third-order valence-corrected chi connectivity index (χ3v) is 6.01. The van der Waals surface area contributed by atoms with Crippen molar-refractivity contribution in [3.8, 4) is 0 Å². The molecule has 1 aromatic carbocycles. The van der Waals surface area contributed by atoms with Crippen LogP contribution in [0.3, 0.4) is 0 Å². The molecule has 0 aromatic heterocycles. The zero-order chi connectivity index (χ0) is 12.4. The van der Waals surface area contributed by atoms with Crippen LogP contribution in [0.1, 0.15) is 30.4 Å². The van der Waals surface area contributed by atoms with Crippen LogP contribution in [0.15, 0.2) is 34.2 Å². The average molecular weight is 268 g/mol. The molecule has 0 spiro atoms. The molecule has 1 aromatic rings. The Bertz CT molecular complexity index is 631. The lowest BCUT2D eigenvalue weighted by molar-refractivity contribution is 0.371. The lowest BCUT2D eigenvalue weighted by Gasteiger charge is -2.32. The van der Waals surface area contributed by atoms with Crippen molar-refractivity contribution in [2.45, 2.75) is 31.7 Å². The molecule has 0 amide bonds. The minimum atomic E-state index is 0.619. The summed E-state index contributed by atoms with van der Waals surface area (Å²) >= 11 is 1.93. The van der Waals surface area contributed by atoms with Crippen LogP contribution in [0.5, 0.6) is 0 Å². The first-order valence-corrected chi connectivity index (χ1v) is 8.06. The topological polar surface area (TPSA) is 15.6 Å². The van der Waals surface area contributed by atoms with Gasteiger partial charge in [0.2, 0.25) is 0 Å². The second kappa shape index (κ2) is 3.66. The summed E-state index contributed by atoms with van der Waals surface area (Å²) in [6.07, 6.45) is 5.16. The summed E-state index contributed by atoms with van der Waals surface area (Å²) in [6.45, 7) is 1.20. The van der Waals surface area contributed by atoms with Crippen LogP contribution >= 0.6 is 11.8 Å². The van der Waals surface area contributed by atoms with Gasteiger partial charge in [0.05, 0.1) is 11.7 Å². The van der Waals surface area contributed by atoms with Crippen molar-refractivity contribution in [3.05, 3.63) is 40.3 Å². The Labute approximate surface area is 117 Å². The summed E-state index contributed by atoms with van der Waals surface area (Å²) in [5.41, 5.74) is 4.42. The predicted octanol–water partition coefficient (Wildman–Crippen LogP) is 3.50. The minimum absolute atomic E-state index is 0.619. The van der Waals surface area contributed by atoms with Gasteiger partial charge in [-0.05, 0) is 24.3 Å².